The number of carbonyl (C=O) groups excluding carboxylic acids is 3. The number of rotatable bonds is 7. The van der Waals surface area contributed by atoms with Gasteiger partial charge in [0.05, 0.1) is 22.4 Å². The Morgan fingerprint density at radius 3 is 2.73 bits per heavy atom. The van der Waals surface area contributed by atoms with Crippen molar-refractivity contribution in [2.24, 2.45) is 0 Å². The number of thiophene rings is 1. The normalized spacial score (nSPS) is 16.4. The largest absolute Gasteiger partial charge is 0.457 e. The molecule has 2 aliphatic heterocycles. The first-order valence-electron chi connectivity index (χ1n) is 13.4. The maximum absolute atomic E-state index is 13.5. The molecule has 0 aliphatic carbocycles. The summed E-state index contributed by atoms with van der Waals surface area (Å²) in [5.74, 6) is 0.990. The molecule has 0 spiro atoms. The number of piperidine rings is 1. The number of ether oxygens (including phenoxy) is 2. The molecule has 0 saturated carbocycles. The van der Waals surface area contributed by atoms with Gasteiger partial charge in [0.1, 0.15) is 27.8 Å². The summed E-state index contributed by atoms with van der Waals surface area (Å²) in [4.78, 5) is 48.2. The Balaban J connectivity index is 1.27. The third-order valence-corrected chi connectivity index (χ3v) is 8.31. The second kappa shape index (κ2) is 11.2. The lowest BCUT2D eigenvalue weighted by molar-refractivity contribution is -0.136. The van der Waals surface area contributed by atoms with Crippen molar-refractivity contribution in [2.45, 2.75) is 25.8 Å². The molecule has 4 aromatic rings. The van der Waals surface area contributed by atoms with Gasteiger partial charge in [-0.1, -0.05) is 18.2 Å². The molecule has 1 atom stereocenters. The van der Waals surface area contributed by atoms with Crippen LogP contribution in [0, 0.1) is 6.92 Å². The molecule has 0 radical (unpaired) electrons. The number of anilines is 3. The summed E-state index contributed by atoms with van der Waals surface area (Å²) in [5.41, 5.74) is 2.65. The lowest BCUT2D eigenvalue weighted by Gasteiger charge is -2.33. The van der Waals surface area contributed by atoms with Crippen molar-refractivity contribution >= 4 is 56.5 Å². The van der Waals surface area contributed by atoms with Crippen molar-refractivity contribution in [3.05, 3.63) is 71.2 Å². The third kappa shape index (κ3) is 5.21. The van der Waals surface area contributed by atoms with Crippen molar-refractivity contribution in [1.82, 2.24) is 15.2 Å². The van der Waals surface area contributed by atoms with E-state index >= 15 is 0 Å². The molecule has 4 amide bonds. The van der Waals surface area contributed by atoms with Gasteiger partial charge < -0.3 is 25.0 Å². The molecule has 2 N–H and O–H groups in total. The first-order chi connectivity index (χ1) is 19.9. The number of nitrogens with one attached hydrogen (secondary N) is 2. The molecule has 4 heterocycles. The molecule has 210 valence electrons. The molecule has 11 heteroatoms. The Morgan fingerprint density at radius 2 is 1.95 bits per heavy atom. The third-order valence-electron chi connectivity index (χ3n) is 7.22. The zero-order chi connectivity index (χ0) is 28.5. The number of benzene rings is 2. The average molecular weight is 572 g/mol. The number of methoxy groups -OCH3 is 1. The number of nitrogens with zero attached hydrogens (tertiary/aromatic N) is 3. The fourth-order valence-corrected chi connectivity index (χ4v) is 6.36. The number of aromatic nitrogens is 1. The van der Waals surface area contributed by atoms with Crippen LogP contribution < -0.4 is 20.3 Å². The highest BCUT2D eigenvalue weighted by molar-refractivity contribution is 7.21. The predicted octanol–water partition coefficient (Wildman–Crippen LogP) is 5.45. The number of hydrogen-bond donors (Lipinski definition) is 2. The van der Waals surface area contributed by atoms with Gasteiger partial charge in [0.15, 0.2) is 0 Å². The van der Waals surface area contributed by atoms with Crippen LogP contribution >= 0.6 is 11.3 Å². The van der Waals surface area contributed by atoms with Crippen LogP contribution in [0.4, 0.5) is 21.9 Å². The van der Waals surface area contributed by atoms with Crippen molar-refractivity contribution in [1.29, 1.82) is 0 Å². The predicted molar refractivity (Wildman–Crippen MR) is 157 cm³/mol. The minimum absolute atomic E-state index is 0.0142. The van der Waals surface area contributed by atoms with Crippen LogP contribution in [0.3, 0.4) is 0 Å². The van der Waals surface area contributed by atoms with Gasteiger partial charge in [0.2, 0.25) is 5.91 Å². The van der Waals surface area contributed by atoms with Crippen molar-refractivity contribution < 1.29 is 23.9 Å². The molecule has 2 aliphatic rings. The van der Waals surface area contributed by atoms with Crippen molar-refractivity contribution in [3.63, 3.8) is 0 Å². The Labute approximate surface area is 240 Å². The Bertz CT molecular complexity index is 1640. The number of likely N-dealkylation sites (tertiary alicyclic amines) is 1. The van der Waals surface area contributed by atoms with Crippen LogP contribution in [0.1, 0.15) is 28.1 Å². The number of aryl methyl sites for hydroxylation is 1. The number of hydrogen-bond acceptors (Lipinski definition) is 7. The van der Waals surface area contributed by atoms with Crippen LogP contribution in [-0.4, -0.2) is 60.6 Å². The van der Waals surface area contributed by atoms with Gasteiger partial charge in [-0.2, -0.15) is 0 Å². The summed E-state index contributed by atoms with van der Waals surface area (Å²) in [6.07, 6.45) is 3.19. The molecule has 0 bridgehead atoms. The maximum Gasteiger partial charge on any atom is 0.331 e. The van der Waals surface area contributed by atoms with E-state index in [9.17, 15) is 14.4 Å². The Kier molecular flexibility index (Phi) is 7.29. The zero-order valence-electron chi connectivity index (χ0n) is 22.7. The molecule has 41 heavy (non-hydrogen) atoms. The Morgan fingerprint density at radius 1 is 1.12 bits per heavy atom. The van der Waals surface area contributed by atoms with Gasteiger partial charge >= 0.3 is 6.03 Å². The first-order valence-corrected chi connectivity index (χ1v) is 14.2. The summed E-state index contributed by atoms with van der Waals surface area (Å²) >= 11 is 1.24. The maximum atomic E-state index is 13.5. The van der Waals surface area contributed by atoms with Crippen LogP contribution in [0.2, 0.25) is 0 Å². The summed E-state index contributed by atoms with van der Waals surface area (Å²) < 4.78 is 10.9. The van der Waals surface area contributed by atoms with Crippen LogP contribution in [0.25, 0.3) is 10.2 Å². The molecule has 1 unspecified atom stereocenters. The minimum atomic E-state index is -0.369. The number of urea groups is 1. The van der Waals surface area contributed by atoms with Gasteiger partial charge in [-0.05, 0) is 61.7 Å². The summed E-state index contributed by atoms with van der Waals surface area (Å²) in [6, 6.07) is 16.3. The average Bonchev–Trinajstić information content (AvgIpc) is 3.34. The molecule has 2 aromatic heterocycles. The van der Waals surface area contributed by atoms with Crippen LogP contribution in [-0.2, 0) is 9.53 Å². The molecule has 6 rings (SSSR count). The molecular formula is C30H29N5O5S. The monoisotopic (exact) mass is 571 g/mol. The van der Waals surface area contributed by atoms with Gasteiger partial charge in [-0.15, -0.1) is 11.3 Å². The number of carbonyl (C=O) groups is 3. The molecule has 2 aromatic carbocycles. The summed E-state index contributed by atoms with van der Waals surface area (Å²) in [7, 11) is 1.49. The lowest BCUT2D eigenvalue weighted by Crippen LogP contribution is -2.50. The molecule has 10 nitrogen and oxygen atoms in total. The van der Waals surface area contributed by atoms with Crippen LogP contribution in [0.5, 0.6) is 11.5 Å². The van der Waals surface area contributed by atoms with E-state index in [1.807, 2.05) is 55.5 Å². The van der Waals surface area contributed by atoms with Crippen molar-refractivity contribution in [2.75, 3.05) is 37.0 Å². The van der Waals surface area contributed by atoms with Crippen LogP contribution in [0.15, 0.2) is 60.8 Å². The highest BCUT2D eigenvalue weighted by Gasteiger charge is 2.34. The first kappa shape index (κ1) is 26.7. The van der Waals surface area contributed by atoms with Gasteiger partial charge in [-0.25, -0.2) is 9.78 Å². The standard InChI is InChI=1S/C30H29N5O5S/c1-18-15-21(40-20-8-4-3-5-9-20)10-11-22(18)35-23-12-13-31-29-25(23)26(33-30(35)38)27(41-29)28(37)32-19-7-6-14-34(16-19)24(36)17-39-2/h3-5,8-13,15,19H,6-7,14,16-17H2,1-2H3,(H,32,37)(H,33,38). The summed E-state index contributed by atoms with van der Waals surface area (Å²) in [6.45, 7) is 2.99. The quantitative estimate of drug-likeness (QED) is 0.305. The molecule has 1 fully saturated rings. The molecule has 1 saturated heterocycles. The van der Waals surface area contributed by atoms with E-state index < -0.39 is 0 Å². The van der Waals surface area contributed by atoms with E-state index in [2.05, 4.69) is 15.6 Å². The van der Waals surface area contributed by atoms with E-state index in [-0.39, 0.29) is 30.5 Å². The zero-order valence-corrected chi connectivity index (χ0v) is 23.5. The van der Waals surface area contributed by atoms with E-state index in [4.69, 9.17) is 9.47 Å². The minimum Gasteiger partial charge on any atom is -0.457 e. The number of para-hydroxylation sites is 1. The second-order valence-electron chi connectivity index (χ2n) is 10.0. The highest BCUT2D eigenvalue weighted by Crippen LogP contribution is 2.46. The SMILES string of the molecule is COCC(=O)N1CCCC(NC(=O)c2sc3nccc4c3c2NC(=O)N4c2ccc(Oc3ccccc3)cc2C)C1. The van der Waals surface area contributed by atoms with E-state index in [0.29, 0.717) is 51.0 Å². The van der Waals surface area contributed by atoms with E-state index in [1.165, 1.54) is 18.4 Å². The highest BCUT2D eigenvalue weighted by atomic mass is 32.1. The van der Waals surface area contributed by atoms with Gasteiger partial charge in [0, 0.05) is 32.4 Å². The van der Waals surface area contributed by atoms with Crippen molar-refractivity contribution in [3.8, 4) is 11.5 Å². The number of pyridine rings is 1. The molecular weight excluding hydrogens is 542 g/mol. The fraction of sp³-hybridized carbons (Fsp3) is 0.267. The van der Waals surface area contributed by atoms with Gasteiger partial charge in [-0.3, -0.25) is 14.5 Å². The number of amides is 4. The summed E-state index contributed by atoms with van der Waals surface area (Å²) in [5, 5.41) is 6.73. The van der Waals surface area contributed by atoms with E-state index in [1.54, 1.807) is 22.1 Å². The Hall–Kier alpha value is -4.48. The van der Waals surface area contributed by atoms with E-state index in [0.717, 1.165) is 24.2 Å². The second-order valence-corrected chi connectivity index (χ2v) is 11.0. The smallest absolute Gasteiger partial charge is 0.331 e. The lowest BCUT2D eigenvalue weighted by atomic mass is 10.1. The fourth-order valence-electron chi connectivity index (χ4n) is 5.34. The van der Waals surface area contributed by atoms with Gasteiger partial charge in [0.25, 0.3) is 5.91 Å². The topological polar surface area (TPSA) is 113 Å².